The maximum Gasteiger partial charge on any atom is 0.247 e. The third kappa shape index (κ3) is 2.79. The first-order valence-corrected chi connectivity index (χ1v) is 9.11. The number of nitriles is 1. The minimum Gasteiger partial charge on any atom is -0.235 e. The van der Waals surface area contributed by atoms with Gasteiger partial charge in [0.1, 0.15) is 10.4 Å². The number of benzene rings is 1. The van der Waals surface area contributed by atoms with Crippen LogP contribution in [0, 0.1) is 17.2 Å². The Bertz CT molecular complexity index is 871. The lowest BCUT2D eigenvalue weighted by atomic mass is 9.99. The lowest BCUT2D eigenvalue weighted by molar-refractivity contribution is 0.276. The van der Waals surface area contributed by atoms with E-state index in [0.717, 1.165) is 22.7 Å². The highest BCUT2D eigenvalue weighted by molar-refractivity contribution is 7.89. The molecule has 0 aliphatic heterocycles. The van der Waals surface area contributed by atoms with Crippen molar-refractivity contribution in [3.8, 4) is 17.5 Å². The van der Waals surface area contributed by atoms with Crippen molar-refractivity contribution in [2.24, 2.45) is 5.92 Å². The van der Waals surface area contributed by atoms with Gasteiger partial charge < -0.3 is 0 Å². The van der Waals surface area contributed by atoms with Gasteiger partial charge in [-0.2, -0.15) is 9.57 Å². The average Bonchev–Trinajstić information content (AvgIpc) is 3.47. The Hall–Kier alpha value is -2.30. The standard InChI is InChI=1S/C17H18N4O2S/c1-17(12-18,14-8-9-14)21(2)24(22,23)15-10-19-16(20-11-15)13-6-4-3-5-7-13/h3-7,10-11,14H,8-9H2,1-2H3. The van der Waals surface area contributed by atoms with Gasteiger partial charge in [0.25, 0.3) is 0 Å². The first-order chi connectivity index (χ1) is 11.4. The van der Waals surface area contributed by atoms with E-state index in [0.29, 0.717) is 5.82 Å². The van der Waals surface area contributed by atoms with E-state index in [1.165, 1.54) is 19.4 Å². The number of rotatable bonds is 5. The molecule has 1 heterocycles. The van der Waals surface area contributed by atoms with E-state index in [1.807, 2.05) is 30.3 Å². The molecular formula is C17H18N4O2S. The Kier molecular flexibility index (Phi) is 4.11. The van der Waals surface area contributed by atoms with Crippen LogP contribution in [-0.2, 0) is 10.0 Å². The monoisotopic (exact) mass is 342 g/mol. The van der Waals surface area contributed by atoms with E-state index in [-0.39, 0.29) is 10.8 Å². The molecule has 0 bridgehead atoms. The fourth-order valence-electron chi connectivity index (χ4n) is 2.66. The maximum absolute atomic E-state index is 12.8. The lowest BCUT2D eigenvalue weighted by Crippen LogP contribution is -2.47. The van der Waals surface area contributed by atoms with Crippen molar-refractivity contribution in [1.82, 2.24) is 14.3 Å². The van der Waals surface area contributed by atoms with Crippen LogP contribution >= 0.6 is 0 Å². The summed E-state index contributed by atoms with van der Waals surface area (Å²) in [5.41, 5.74) is -0.230. The molecule has 124 valence electrons. The smallest absolute Gasteiger partial charge is 0.235 e. The van der Waals surface area contributed by atoms with Crippen LogP contribution in [0.3, 0.4) is 0 Å². The minimum atomic E-state index is -3.83. The molecule has 1 unspecified atom stereocenters. The molecule has 1 fully saturated rings. The molecule has 1 aromatic carbocycles. The normalized spacial score (nSPS) is 17.2. The summed E-state index contributed by atoms with van der Waals surface area (Å²) in [6.07, 6.45) is 4.33. The molecule has 0 radical (unpaired) electrons. The van der Waals surface area contributed by atoms with E-state index in [4.69, 9.17) is 0 Å². The summed E-state index contributed by atoms with van der Waals surface area (Å²) in [6.45, 7) is 1.67. The molecule has 6 nitrogen and oxygen atoms in total. The lowest BCUT2D eigenvalue weighted by Gasteiger charge is -2.31. The number of hydrogen-bond acceptors (Lipinski definition) is 5. The maximum atomic E-state index is 12.8. The summed E-state index contributed by atoms with van der Waals surface area (Å²) in [7, 11) is -2.38. The second-order valence-corrected chi connectivity index (χ2v) is 8.08. The Morgan fingerprint density at radius 1 is 1.21 bits per heavy atom. The van der Waals surface area contributed by atoms with E-state index in [1.54, 1.807) is 6.92 Å². The van der Waals surface area contributed by atoms with Crippen molar-refractivity contribution in [3.63, 3.8) is 0 Å². The van der Waals surface area contributed by atoms with E-state index in [9.17, 15) is 13.7 Å². The minimum absolute atomic E-state index is 0.00759. The molecule has 1 saturated carbocycles. The van der Waals surface area contributed by atoms with Crippen LogP contribution in [0.2, 0.25) is 0 Å². The second kappa shape index (κ2) is 5.96. The van der Waals surface area contributed by atoms with Crippen LogP contribution in [0.1, 0.15) is 19.8 Å². The molecule has 0 N–H and O–H groups in total. The van der Waals surface area contributed by atoms with Crippen molar-refractivity contribution >= 4 is 10.0 Å². The second-order valence-electron chi connectivity index (χ2n) is 6.11. The molecule has 1 aliphatic rings. The molecule has 1 aromatic heterocycles. The van der Waals surface area contributed by atoms with Crippen LogP contribution in [0.25, 0.3) is 11.4 Å². The third-order valence-corrected chi connectivity index (χ3v) is 6.48. The first kappa shape index (κ1) is 16.6. The molecule has 0 spiro atoms. The average molecular weight is 342 g/mol. The van der Waals surface area contributed by atoms with Gasteiger partial charge in [-0.1, -0.05) is 30.3 Å². The van der Waals surface area contributed by atoms with Crippen molar-refractivity contribution in [2.45, 2.75) is 30.2 Å². The molecule has 7 heteroatoms. The molecule has 1 aliphatic carbocycles. The predicted octanol–water partition coefficient (Wildman–Crippen LogP) is 2.46. The van der Waals surface area contributed by atoms with Gasteiger partial charge in [0.15, 0.2) is 5.82 Å². The molecule has 2 aromatic rings. The van der Waals surface area contributed by atoms with Gasteiger partial charge in [-0.15, -0.1) is 0 Å². The quantitative estimate of drug-likeness (QED) is 0.833. The van der Waals surface area contributed by atoms with Gasteiger partial charge in [0, 0.05) is 12.6 Å². The molecule has 3 rings (SSSR count). The number of nitrogens with zero attached hydrogens (tertiary/aromatic N) is 4. The number of hydrogen-bond donors (Lipinski definition) is 0. The van der Waals surface area contributed by atoms with Gasteiger partial charge >= 0.3 is 0 Å². The largest absolute Gasteiger partial charge is 0.247 e. The fourth-order valence-corrected chi connectivity index (χ4v) is 4.03. The van der Waals surface area contributed by atoms with Gasteiger partial charge in [0.2, 0.25) is 10.0 Å². The zero-order valence-electron chi connectivity index (χ0n) is 13.5. The zero-order valence-corrected chi connectivity index (χ0v) is 14.4. The summed E-state index contributed by atoms with van der Waals surface area (Å²) in [5.74, 6) is 0.536. The van der Waals surface area contributed by atoms with Crippen molar-refractivity contribution < 1.29 is 8.42 Å². The Balaban J connectivity index is 1.92. The van der Waals surface area contributed by atoms with Crippen LogP contribution in [0.5, 0.6) is 0 Å². The van der Waals surface area contributed by atoms with Crippen molar-refractivity contribution in [1.29, 1.82) is 5.26 Å². The SMILES string of the molecule is CN(C(C)(C#N)C1CC1)S(=O)(=O)c1cnc(-c2ccccc2)nc1. The fraction of sp³-hybridized carbons (Fsp3) is 0.353. The highest BCUT2D eigenvalue weighted by Gasteiger charge is 2.49. The molecule has 24 heavy (non-hydrogen) atoms. The summed E-state index contributed by atoms with van der Waals surface area (Å²) < 4.78 is 26.8. The molecular weight excluding hydrogens is 324 g/mol. The Morgan fingerprint density at radius 3 is 2.29 bits per heavy atom. The van der Waals surface area contributed by atoms with Crippen molar-refractivity contribution in [3.05, 3.63) is 42.7 Å². The highest BCUT2D eigenvalue weighted by atomic mass is 32.2. The van der Waals surface area contributed by atoms with Crippen LogP contribution in [0.15, 0.2) is 47.6 Å². The van der Waals surface area contributed by atoms with Crippen LogP contribution in [0.4, 0.5) is 0 Å². The van der Waals surface area contributed by atoms with Crippen LogP contribution in [-0.4, -0.2) is 35.3 Å². The summed E-state index contributed by atoms with van der Waals surface area (Å²) in [5, 5.41) is 9.48. The van der Waals surface area contributed by atoms with Crippen LogP contribution < -0.4 is 0 Å². The van der Waals surface area contributed by atoms with E-state index < -0.39 is 15.6 Å². The van der Waals surface area contributed by atoms with Gasteiger partial charge in [-0.3, -0.25) is 0 Å². The number of sulfonamides is 1. The zero-order chi connectivity index (χ0) is 17.4. The molecule has 0 amide bonds. The summed E-state index contributed by atoms with van der Waals surface area (Å²) in [6, 6.07) is 11.5. The molecule has 1 atom stereocenters. The van der Waals surface area contributed by atoms with E-state index in [2.05, 4.69) is 16.0 Å². The first-order valence-electron chi connectivity index (χ1n) is 7.67. The number of aromatic nitrogens is 2. The summed E-state index contributed by atoms with van der Waals surface area (Å²) in [4.78, 5) is 8.32. The van der Waals surface area contributed by atoms with Gasteiger partial charge in [-0.05, 0) is 25.7 Å². The van der Waals surface area contributed by atoms with Crippen molar-refractivity contribution in [2.75, 3.05) is 7.05 Å². The van der Waals surface area contributed by atoms with Gasteiger partial charge in [-0.25, -0.2) is 18.4 Å². The van der Waals surface area contributed by atoms with Gasteiger partial charge in [0.05, 0.1) is 18.5 Å². The predicted molar refractivity (Wildman–Crippen MR) is 89.2 cm³/mol. The van der Waals surface area contributed by atoms with E-state index >= 15 is 0 Å². The molecule has 0 saturated heterocycles. The Morgan fingerprint density at radius 2 is 1.79 bits per heavy atom. The highest BCUT2D eigenvalue weighted by Crippen LogP contribution is 2.43. The Labute approximate surface area is 141 Å². The third-order valence-electron chi connectivity index (χ3n) is 4.57. The topological polar surface area (TPSA) is 87.0 Å². The summed E-state index contributed by atoms with van der Waals surface area (Å²) >= 11 is 0.